The quantitative estimate of drug-likeness (QED) is 0.206. The maximum Gasteiger partial charge on any atom is 3.00 e. The van der Waals surface area contributed by atoms with Crippen LogP contribution in [0.25, 0.3) is 0 Å². The first-order valence-corrected chi connectivity index (χ1v) is 7.35. The molecule has 19 heteroatoms. The number of hydrogen-bond acceptors (Lipinski definition) is 12. The molecule has 0 unspecified atom stereocenters. The van der Waals surface area contributed by atoms with Gasteiger partial charge in [0.05, 0.1) is 0 Å². The van der Waals surface area contributed by atoms with Crippen molar-refractivity contribution < 1.29 is 204 Å². The second kappa shape index (κ2) is 21.1. The molecule has 0 aromatic heterocycles. The molecule has 19 heavy (non-hydrogen) atoms. The van der Waals surface area contributed by atoms with Crippen LogP contribution in [0.4, 0.5) is 0 Å². The van der Waals surface area contributed by atoms with Gasteiger partial charge in [-0.3, -0.25) is 0 Å². The van der Waals surface area contributed by atoms with Crippen molar-refractivity contribution in [2.24, 2.45) is 0 Å². The van der Waals surface area contributed by atoms with E-state index in [9.17, 15) is 0 Å². The fourth-order valence-corrected chi connectivity index (χ4v) is 0. The average molecular weight is 819 g/mol. The summed E-state index contributed by atoms with van der Waals surface area (Å²) in [5.41, 5.74) is 0. The summed E-state index contributed by atoms with van der Waals surface area (Å²) in [6.45, 7) is 0. The molecule has 0 bridgehead atoms. The molecule has 1 radical (unpaired) electrons. The molecule has 0 rings (SSSR count). The molecule has 0 saturated carbocycles. The summed E-state index contributed by atoms with van der Waals surface area (Å²) in [7, 11) is -16.8. The third-order valence-corrected chi connectivity index (χ3v) is 0. The Bertz CT molecular complexity index is 108. The maximum absolute atomic E-state index is 8.58. The zero-order chi connectivity index (χ0) is 13.5. The molecule has 0 amide bonds. The Hall–Kier alpha value is 5.08. The Morgan fingerprint density at radius 2 is 0.421 bits per heavy atom. The summed E-state index contributed by atoms with van der Waals surface area (Å²) >= 11 is 0. The van der Waals surface area contributed by atoms with E-state index < -0.39 is 27.1 Å². The molecule has 0 N–H and O–H groups in total. The van der Waals surface area contributed by atoms with Crippen LogP contribution in [0.3, 0.4) is 0 Å². The summed E-state index contributed by atoms with van der Waals surface area (Å²) in [6.07, 6.45) is 0. The molecule has 0 heterocycles. The van der Waals surface area contributed by atoms with Crippen molar-refractivity contribution in [3.63, 3.8) is 0 Å². The van der Waals surface area contributed by atoms with Crippen LogP contribution in [-0.4, -0.2) is 27.1 Å². The van der Waals surface area contributed by atoms with Gasteiger partial charge in [-0.05, 0) is 0 Å². The molecule has 0 aliphatic carbocycles. The Kier molecular flexibility index (Phi) is 48.9. The van der Waals surface area contributed by atoms with Gasteiger partial charge in [-0.1, -0.05) is 0 Å². The van der Waals surface area contributed by atoms with Crippen molar-refractivity contribution in [2.45, 2.75) is 0 Å². The van der Waals surface area contributed by atoms with Crippen LogP contribution in [0.15, 0.2) is 0 Å². The minimum absolute atomic E-state index is 0. The summed E-state index contributed by atoms with van der Waals surface area (Å²) < 4.78 is 0. The monoisotopic (exact) mass is 819 g/mol. The van der Waals surface area contributed by atoms with E-state index in [1.165, 1.54) is 0 Å². The average Bonchev–Trinajstić information content (AvgIpc) is 1.41. The van der Waals surface area contributed by atoms with Crippen molar-refractivity contribution in [3.05, 3.63) is 0 Å². The van der Waals surface area contributed by atoms with Crippen LogP contribution in [0.5, 0.6) is 0 Å². The van der Waals surface area contributed by atoms with Gasteiger partial charge in [0, 0.05) is 0 Å². The molecule has 12 nitrogen and oxygen atoms in total. The Labute approximate surface area is 226 Å². The smallest absolute Gasteiger partial charge is 0.894 e. The van der Waals surface area contributed by atoms with E-state index in [4.69, 9.17) is 57.5 Å². The zero-order valence-corrected chi connectivity index (χ0v) is 22.6. The van der Waals surface area contributed by atoms with Gasteiger partial charge in [0.1, 0.15) is 0 Å². The van der Waals surface area contributed by atoms with Gasteiger partial charge < -0.3 is 84.7 Å². The topological polar surface area (TPSA) is 277 Å². The Morgan fingerprint density at radius 1 is 0.421 bits per heavy atom. The Balaban J connectivity index is -0.0000000206. The summed E-state index contributed by atoms with van der Waals surface area (Å²) in [6, 6.07) is 0. The van der Waals surface area contributed by atoms with Crippen LogP contribution in [0.1, 0.15) is 0 Å². The first-order valence-electron chi connectivity index (χ1n) is 2.45. The fourth-order valence-electron chi connectivity index (χ4n) is 0. The predicted molar refractivity (Wildman–Crippen MR) is 17.3 cm³/mol. The van der Waals surface area contributed by atoms with Gasteiger partial charge in [0.15, 0.2) is 0 Å². The molecular formula is CeLaLuO12Si3Y. The van der Waals surface area contributed by atoms with Crippen LogP contribution >= 0.6 is 0 Å². The van der Waals surface area contributed by atoms with E-state index in [-0.39, 0.29) is 147 Å². The molecule has 0 atom stereocenters. The van der Waals surface area contributed by atoms with E-state index in [1.807, 2.05) is 0 Å². The molecule has 0 aromatic rings. The van der Waals surface area contributed by atoms with Gasteiger partial charge in [0.25, 0.3) is 0 Å². The second-order valence-corrected chi connectivity index (χ2v) is 4.50. The van der Waals surface area contributed by atoms with Crippen molar-refractivity contribution in [2.75, 3.05) is 0 Å². The van der Waals surface area contributed by atoms with E-state index in [0.29, 0.717) is 0 Å². The number of rotatable bonds is 0. The summed E-state index contributed by atoms with van der Waals surface area (Å²) in [5, 5.41) is 0. The molecule has 0 fully saturated rings. The van der Waals surface area contributed by atoms with E-state index in [1.54, 1.807) is 0 Å². The minimum atomic E-state index is -5.61. The van der Waals surface area contributed by atoms with Crippen molar-refractivity contribution in [1.82, 2.24) is 0 Å². The molecular weight excluding hydrogens is 819 g/mol. The van der Waals surface area contributed by atoms with Crippen molar-refractivity contribution in [1.29, 1.82) is 0 Å². The standard InChI is InChI=1S/Ce.La.Lu.3O4Si.Y/c;;;3*1-5(2,3)4;/q3*+3;3*-4;+3. The predicted octanol–water partition coefficient (Wildman–Crippen LogP) is -15.4. The SMILES string of the molecule is [Ce+3].[La+3].[Lu+3].[O-][Si]([O-])([O-])[O-].[O-][Si]([O-])([O-])[O-].[O-][Si]([O-])([O-])[O-].[Y+3]. The molecule has 0 aliphatic heterocycles. The van der Waals surface area contributed by atoms with E-state index in [2.05, 4.69) is 0 Å². The van der Waals surface area contributed by atoms with Gasteiger partial charge in [-0.25, -0.2) is 0 Å². The van der Waals surface area contributed by atoms with Crippen LogP contribution < -0.4 is 57.5 Å². The third kappa shape index (κ3) is 397. The zero-order valence-electron chi connectivity index (χ0n) is 8.31. The largest absolute Gasteiger partial charge is 3.00 e. The van der Waals surface area contributed by atoms with Gasteiger partial charge >= 0.3 is 147 Å². The van der Waals surface area contributed by atoms with Gasteiger partial charge in [-0.15, -0.1) is 0 Å². The summed E-state index contributed by atoms with van der Waals surface area (Å²) in [5.74, 6) is 0. The molecule has 109 valence electrons. The minimum Gasteiger partial charge on any atom is -0.894 e. The first-order chi connectivity index (χ1) is 6.00. The first kappa shape index (κ1) is 44.0. The fraction of sp³-hybridized carbons (Fsp3) is 0. The van der Waals surface area contributed by atoms with E-state index >= 15 is 0 Å². The van der Waals surface area contributed by atoms with Crippen molar-refractivity contribution in [3.8, 4) is 0 Å². The van der Waals surface area contributed by atoms with Crippen LogP contribution in [0.2, 0.25) is 0 Å². The van der Waals surface area contributed by atoms with Crippen LogP contribution in [0, 0.1) is 114 Å². The summed E-state index contributed by atoms with van der Waals surface area (Å²) in [4.78, 5) is 103. The van der Waals surface area contributed by atoms with E-state index in [0.717, 1.165) is 0 Å². The van der Waals surface area contributed by atoms with Gasteiger partial charge in [0.2, 0.25) is 0 Å². The Morgan fingerprint density at radius 3 is 0.421 bits per heavy atom. The normalized spacial score (nSPS) is 9.47. The van der Waals surface area contributed by atoms with Crippen LogP contribution in [-0.2, 0) is 32.7 Å². The third-order valence-electron chi connectivity index (χ3n) is 0. The molecule has 0 saturated heterocycles. The second-order valence-electron chi connectivity index (χ2n) is 1.50. The molecule has 0 aromatic carbocycles. The number of hydrogen-bond donors (Lipinski definition) is 0. The van der Waals surface area contributed by atoms with Gasteiger partial charge in [-0.2, -0.15) is 0 Å². The maximum atomic E-state index is 8.58. The molecule has 0 aliphatic rings. The van der Waals surface area contributed by atoms with Crippen molar-refractivity contribution >= 4 is 27.1 Å². The molecule has 0 spiro atoms.